The van der Waals surface area contributed by atoms with Gasteiger partial charge >= 0.3 is 0 Å². The monoisotopic (exact) mass is 250 g/mol. The van der Waals surface area contributed by atoms with Gasteiger partial charge in [0.05, 0.1) is 0 Å². The lowest BCUT2D eigenvalue weighted by Gasteiger charge is -2.28. The number of hydrogen-bond donors (Lipinski definition) is 2. The van der Waals surface area contributed by atoms with Crippen molar-refractivity contribution < 1.29 is 0 Å². The zero-order chi connectivity index (χ0) is 12.5. The van der Waals surface area contributed by atoms with Crippen molar-refractivity contribution in [2.45, 2.75) is 58.3 Å². The number of hydrogen-bond acceptors (Lipinski definition) is 2. The third kappa shape index (κ3) is 2.46. The first-order valence-corrected chi connectivity index (χ1v) is 8.20. The molecule has 1 aliphatic heterocycles. The van der Waals surface area contributed by atoms with Crippen LogP contribution in [0.2, 0.25) is 0 Å². The molecule has 104 valence electrons. The third-order valence-electron chi connectivity index (χ3n) is 6.26. The molecule has 1 spiro atoms. The molecule has 1 unspecified atom stereocenters. The van der Waals surface area contributed by atoms with Crippen LogP contribution in [0.4, 0.5) is 0 Å². The van der Waals surface area contributed by atoms with Crippen LogP contribution < -0.4 is 10.6 Å². The predicted molar refractivity (Wildman–Crippen MR) is 76.7 cm³/mol. The van der Waals surface area contributed by atoms with Gasteiger partial charge in [0.25, 0.3) is 0 Å². The van der Waals surface area contributed by atoms with Gasteiger partial charge in [0.15, 0.2) is 0 Å². The number of rotatable bonds is 5. The quantitative estimate of drug-likeness (QED) is 0.784. The molecule has 2 aliphatic carbocycles. The Labute approximate surface area is 112 Å². The fourth-order valence-corrected chi connectivity index (χ4v) is 4.55. The van der Waals surface area contributed by atoms with Crippen LogP contribution in [0.5, 0.6) is 0 Å². The van der Waals surface area contributed by atoms with Crippen LogP contribution >= 0.6 is 0 Å². The average molecular weight is 250 g/mol. The molecule has 0 aromatic heterocycles. The Morgan fingerprint density at radius 2 is 1.83 bits per heavy atom. The highest BCUT2D eigenvalue weighted by atomic mass is 14.9. The Morgan fingerprint density at radius 3 is 2.50 bits per heavy atom. The third-order valence-corrected chi connectivity index (χ3v) is 6.26. The molecule has 2 saturated carbocycles. The van der Waals surface area contributed by atoms with Gasteiger partial charge < -0.3 is 10.6 Å². The van der Waals surface area contributed by atoms with Crippen molar-refractivity contribution in [1.29, 1.82) is 0 Å². The molecular formula is C16H30N2. The van der Waals surface area contributed by atoms with Gasteiger partial charge in [0, 0.05) is 6.54 Å². The fourth-order valence-electron chi connectivity index (χ4n) is 4.55. The van der Waals surface area contributed by atoms with Crippen molar-refractivity contribution in [3.05, 3.63) is 0 Å². The largest absolute Gasteiger partial charge is 0.317 e. The second-order valence-corrected chi connectivity index (χ2v) is 7.20. The summed E-state index contributed by atoms with van der Waals surface area (Å²) in [5, 5.41) is 7.33. The molecule has 0 amide bonds. The molecule has 1 heterocycles. The van der Waals surface area contributed by atoms with E-state index in [0.717, 1.165) is 11.3 Å². The van der Waals surface area contributed by atoms with Crippen LogP contribution in [0.25, 0.3) is 0 Å². The summed E-state index contributed by atoms with van der Waals surface area (Å²) in [6.45, 7) is 7.49. The zero-order valence-corrected chi connectivity index (χ0v) is 12.1. The van der Waals surface area contributed by atoms with Crippen molar-refractivity contribution in [1.82, 2.24) is 10.6 Å². The fraction of sp³-hybridized carbons (Fsp3) is 1.00. The Morgan fingerprint density at radius 1 is 1.11 bits per heavy atom. The first-order valence-electron chi connectivity index (χ1n) is 8.20. The minimum Gasteiger partial charge on any atom is -0.317 e. The molecule has 1 atom stereocenters. The molecular weight excluding hydrogens is 220 g/mol. The van der Waals surface area contributed by atoms with E-state index >= 15 is 0 Å². The minimum absolute atomic E-state index is 0.663. The summed E-state index contributed by atoms with van der Waals surface area (Å²) < 4.78 is 0. The second kappa shape index (κ2) is 5.13. The molecule has 18 heavy (non-hydrogen) atoms. The van der Waals surface area contributed by atoms with E-state index in [1.165, 1.54) is 77.5 Å². The second-order valence-electron chi connectivity index (χ2n) is 7.20. The van der Waals surface area contributed by atoms with Gasteiger partial charge in [-0.15, -0.1) is 0 Å². The summed E-state index contributed by atoms with van der Waals surface area (Å²) in [5.41, 5.74) is 1.42. The maximum Gasteiger partial charge on any atom is 0.000782 e. The highest BCUT2D eigenvalue weighted by Gasteiger charge is 2.53. The number of piperidine rings is 1. The van der Waals surface area contributed by atoms with Crippen molar-refractivity contribution in [2.24, 2.45) is 16.7 Å². The Bertz CT molecular complexity index is 275. The van der Waals surface area contributed by atoms with Gasteiger partial charge in [0.2, 0.25) is 0 Å². The molecule has 0 bridgehead atoms. The molecule has 3 rings (SSSR count). The summed E-state index contributed by atoms with van der Waals surface area (Å²) in [6, 6.07) is 0. The molecule has 2 nitrogen and oxygen atoms in total. The maximum absolute atomic E-state index is 3.83. The molecule has 2 N–H and O–H groups in total. The van der Waals surface area contributed by atoms with E-state index in [1.54, 1.807) is 0 Å². The number of nitrogens with one attached hydrogen (secondary N) is 2. The van der Waals surface area contributed by atoms with Crippen molar-refractivity contribution in [3.63, 3.8) is 0 Å². The summed E-state index contributed by atoms with van der Waals surface area (Å²) in [6.07, 6.45) is 11.6. The van der Waals surface area contributed by atoms with E-state index in [4.69, 9.17) is 0 Å². The van der Waals surface area contributed by atoms with Gasteiger partial charge in [-0.1, -0.05) is 19.8 Å². The average Bonchev–Trinajstić information content (AvgIpc) is 2.88. The van der Waals surface area contributed by atoms with Crippen LogP contribution in [0.3, 0.4) is 0 Å². The molecule has 1 saturated heterocycles. The minimum atomic E-state index is 0.663. The van der Waals surface area contributed by atoms with Gasteiger partial charge in [-0.25, -0.2) is 0 Å². The van der Waals surface area contributed by atoms with Crippen LogP contribution in [0.1, 0.15) is 58.3 Å². The Balaban J connectivity index is 1.40. The Hall–Kier alpha value is -0.0800. The summed E-state index contributed by atoms with van der Waals surface area (Å²) in [7, 11) is 0. The van der Waals surface area contributed by atoms with Crippen molar-refractivity contribution in [2.75, 3.05) is 26.2 Å². The van der Waals surface area contributed by atoms with E-state index in [9.17, 15) is 0 Å². The molecule has 0 radical (unpaired) electrons. The van der Waals surface area contributed by atoms with Gasteiger partial charge in [0.1, 0.15) is 0 Å². The lowest BCUT2D eigenvalue weighted by atomic mass is 9.83. The summed E-state index contributed by atoms with van der Waals surface area (Å²) in [4.78, 5) is 0. The van der Waals surface area contributed by atoms with Gasteiger partial charge in [-0.05, 0) is 74.9 Å². The zero-order valence-electron chi connectivity index (χ0n) is 12.1. The predicted octanol–water partition coefficient (Wildman–Crippen LogP) is 2.94. The van der Waals surface area contributed by atoms with Crippen LogP contribution in [-0.4, -0.2) is 26.2 Å². The highest BCUT2D eigenvalue weighted by molar-refractivity contribution is 5.05. The van der Waals surface area contributed by atoms with Gasteiger partial charge in [-0.3, -0.25) is 0 Å². The van der Waals surface area contributed by atoms with E-state index in [0.29, 0.717) is 5.41 Å². The van der Waals surface area contributed by atoms with Crippen molar-refractivity contribution >= 4 is 0 Å². The van der Waals surface area contributed by atoms with E-state index in [1.807, 2.05) is 0 Å². The molecule has 3 aliphatic rings. The van der Waals surface area contributed by atoms with Gasteiger partial charge in [-0.2, -0.15) is 0 Å². The van der Waals surface area contributed by atoms with Crippen molar-refractivity contribution in [3.8, 4) is 0 Å². The maximum atomic E-state index is 3.83. The first-order chi connectivity index (χ1) is 8.79. The molecule has 2 heteroatoms. The standard InChI is InChI=1S/C16H30N2/c1-2-15(5-3-4-6-15)13-18-12-14-11-16(14)7-9-17-10-8-16/h14,17-18H,2-13H2,1H3. The normalized spacial score (nSPS) is 32.8. The molecule has 3 fully saturated rings. The lowest BCUT2D eigenvalue weighted by Crippen LogP contribution is -2.35. The Kier molecular flexibility index (Phi) is 3.68. The van der Waals surface area contributed by atoms with E-state index in [2.05, 4.69) is 17.6 Å². The summed E-state index contributed by atoms with van der Waals surface area (Å²) in [5.74, 6) is 0.995. The van der Waals surface area contributed by atoms with Crippen LogP contribution in [0.15, 0.2) is 0 Å². The molecule has 0 aromatic rings. The van der Waals surface area contributed by atoms with Crippen LogP contribution in [0, 0.1) is 16.7 Å². The van der Waals surface area contributed by atoms with E-state index in [-0.39, 0.29) is 0 Å². The van der Waals surface area contributed by atoms with E-state index < -0.39 is 0 Å². The topological polar surface area (TPSA) is 24.1 Å². The van der Waals surface area contributed by atoms with Crippen LogP contribution in [-0.2, 0) is 0 Å². The lowest BCUT2D eigenvalue weighted by molar-refractivity contribution is 0.259. The molecule has 0 aromatic carbocycles. The smallest absolute Gasteiger partial charge is 0.000782 e. The first kappa shape index (κ1) is 12.9. The highest BCUT2D eigenvalue weighted by Crippen LogP contribution is 2.58. The SMILES string of the molecule is CCC1(CNCC2CC23CCNCC3)CCCC1. The summed E-state index contributed by atoms with van der Waals surface area (Å²) >= 11 is 0.